The molecule has 0 aromatic heterocycles. The lowest BCUT2D eigenvalue weighted by Gasteiger charge is -2.19. The number of Topliss-reactive ketones (excluding diaryl/α,β-unsaturated/α-hetero) is 1. The summed E-state index contributed by atoms with van der Waals surface area (Å²) in [5.74, 6) is -0.958. The molecule has 0 aromatic rings. The van der Waals surface area contributed by atoms with Crippen molar-refractivity contribution in [3.05, 3.63) is 23.8 Å². The smallest absolute Gasteiger partial charge is 0.242 e. The van der Waals surface area contributed by atoms with Gasteiger partial charge in [-0.1, -0.05) is 18.2 Å². The van der Waals surface area contributed by atoms with Crippen molar-refractivity contribution in [2.75, 3.05) is 0 Å². The van der Waals surface area contributed by atoms with Crippen LogP contribution in [0.1, 0.15) is 20.3 Å². The van der Waals surface area contributed by atoms with Gasteiger partial charge in [0.1, 0.15) is 5.25 Å². The summed E-state index contributed by atoms with van der Waals surface area (Å²) in [5, 5.41) is -0.973. The summed E-state index contributed by atoms with van der Waals surface area (Å²) >= 11 is 0. The van der Waals surface area contributed by atoms with Crippen LogP contribution in [0.4, 0.5) is 0 Å². The first-order chi connectivity index (χ1) is 7.34. The van der Waals surface area contributed by atoms with Crippen LogP contribution >= 0.6 is 0 Å². The second-order valence-corrected chi connectivity index (χ2v) is 5.40. The average Bonchev–Trinajstić information content (AvgIpc) is 2.15. The Morgan fingerprint density at radius 2 is 2.00 bits per heavy atom. The van der Waals surface area contributed by atoms with Gasteiger partial charge >= 0.3 is 0 Å². The molecule has 0 radical (unpaired) electrons. The molecule has 0 aliphatic heterocycles. The first kappa shape index (κ1) is 12.6. The molecule has 1 N–H and O–H groups in total. The fourth-order valence-corrected chi connectivity index (χ4v) is 3.00. The first-order valence-corrected chi connectivity index (χ1v) is 6.29. The number of hydrogen-bond acceptors (Lipinski definition) is 4. The molecule has 0 fully saturated rings. The molecule has 1 rings (SSSR count). The van der Waals surface area contributed by atoms with Gasteiger partial charge in [0.05, 0.1) is 0 Å². The van der Waals surface area contributed by atoms with E-state index in [0.29, 0.717) is 0 Å². The van der Waals surface area contributed by atoms with Crippen molar-refractivity contribution in [3.8, 4) is 0 Å². The molecule has 1 amide bonds. The predicted octanol–water partition coefficient (Wildman–Crippen LogP) is 0.296. The SMILES string of the molecule is CC(=O)NS(=O)(=O)C1CC=CC=C1C(C)=O. The highest BCUT2D eigenvalue weighted by atomic mass is 32.2. The normalized spacial score (nSPS) is 20.1. The number of carbonyl (C=O) groups excluding carboxylic acids is 2. The third kappa shape index (κ3) is 2.79. The molecule has 5 nitrogen and oxygen atoms in total. The maximum absolute atomic E-state index is 11.8. The maximum atomic E-state index is 11.8. The third-order valence-electron chi connectivity index (χ3n) is 2.18. The lowest BCUT2D eigenvalue weighted by atomic mass is 10.0. The Hall–Kier alpha value is -1.43. The van der Waals surface area contributed by atoms with Crippen LogP contribution in [-0.4, -0.2) is 25.4 Å². The van der Waals surface area contributed by atoms with E-state index >= 15 is 0 Å². The van der Waals surface area contributed by atoms with Gasteiger partial charge in [0.2, 0.25) is 15.9 Å². The minimum atomic E-state index is -3.82. The third-order valence-corrected chi connectivity index (χ3v) is 3.94. The highest BCUT2D eigenvalue weighted by Gasteiger charge is 2.31. The molecule has 0 saturated heterocycles. The second kappa shape index (κ2) is 4.61. The number of allylic oxidation sites excluding steroid dienone is 3. The number of amides is 1. The summed E-state index contributed by atoms with van der Waals surface area (Å²) < 4.78 is 25.4. The van der Waals surface area contributed by atoms with Crippen molar-refractivity contribution in [1.29, 1.82) is 0 Å². The van der Waals surface area contributed by atoms with Gasteiger partial charge in [-0.2, -0.15) is 0 Å². The number of hydrogen-bond donors (Lipinski definition) is 1. The fourth-order valence-electron chi connectivity index (χ4n) is 1.52. The van der Waals surface area contributed by atoms with Gasteiger partial charge in [0.15, 0.2) is 5.78 Å². The van der Waals surface area contributed by atoms with Crippen molar-refractivity contribution >= 4 is 21.7 Å². The van der Waals surface area contributed by atoms with Crippen molar-refractivity contribution in [1.82, 2.24) is 4.72 Å². The van der Waals surface area contributed by atoms with Crippen LogP contribution in [0, 0.1) is 0 Å². The molecule has 0 bridgehead atoms. The van der Waals surface area contributed by atoms with Crippen molar-refractivity contribution in [3.63, 3.8) is 0 Å². The lowest BCUT2D eigenvalue weighted by Crippen LogP contribution is -2.39. The highest BCUT2D eigenvalue weighted by Crippen LogP contribution is 2.20. The molecule has 6 heteroatoms. The standard InChI is InChI=1S/C10H13NO4S/c1-7(12)9-5-3-4-6-10(9)16(14,15)11-8(2)13/h3-5,10H,6H2,1-2H3,(H,11,13). The van der Waals surface area contributed by atoms with Crippen LogP contribution < -0.4 is 4.72 Å². The second-order valence-electron chi connectivity index (χ2n) is 3.53. The summed E-state index contributed by atoms with van der Waals surface area (Å²) in [6.45, 7) is 2.43. The number of sulfonamides is 1. The highest BCUT2D eigenvalue weighted by molar-refractivity contribution is 7.90. The van der Waals surface area contributed by atoms with E-state index in [9.17, 15) is 18.0 Å². The van der Waals surface area contributed by atoms with Crippen LogP contribution in [0.3, 0.4) is 0 Å². The zero-order valence-electron chi connectivity index (χ0n) is 9.06. The van der Waals surface area contributed by atoms with E-state index in [2.05, 4.69) is 0 Å². The lowest BCUT2D eigenvalue weighted by molar-refractivity contribution is -0.117. The van der Waals surface area contributed by atoms with E-state index in [4.69, 9.17) is 0 Å². The topological polar surface area (TPSA) is 80.3 Å². The van der Waals surface area contributed by atoms with Crippen LogP contribution in [0.25, 0.3) is 0 Å². The van der Waals surface area contributed by atoms with Gasteiger partial charge in [-0.3, -0.25) is 14.3 Å². The molecule has 0 heterocycles. The van der Waals surface area contributed by atoms with Crippen LogP contribution in [0.15, 0.2) is 23.8 Å². The van der Waals surface area contributed by atoms with Crippen LogP contribution in [0.5, 0.6) is 0 Å². The van der Waals surface area contributed by atoms with E-state index in [1.807, 2.05) is 4.72 Å². The Morgan fingerprint density at radius 1 is 1.38 bits per heavy atom. The number of ketones is 1. The molecule has 1 aliphatic carbocycles. The fraction of sp³-hybridized carbons (Fsp3) is 0.400. The van der Waals surface area contributed by atoms with Crippen molar-refractivity contribution in [2.45, 2.75) is 25.5 Å². The molecule has 88 valence electrons. The number of carbonyl (C=O) groups is 2. The van der Waals surface area contributed by atoms with Gasteiger partial charge < -0.3 is 0 Å². The summed E-state index contributed by atoms with van der Waals surface area (Å²) in [6, 6.07) is 0. The van der Waals surface area contributed by atoms with E-state index in [-0.39, 0.29) is 17.8 Å². The first-order valence-electron chi connectivity index (χ1n) is 4.74. The molecule has 1 aliphatic rings. The minimum absolute atomic E-state index is 0.202. The molecule has 1 atom stereocenters. The number of nitrogens with one attached hydrogen (secondary N) is 1. The van der Waals surface area contributed by atoms with Gasteiger partial charge in [0, 0.05) is 12.5 Å². The largest absolute Gasteiger partial charge is 0.295 e. The molecule has 1 unspecified atom stereocenters. The summed E-state index contributed by atoms with van der Waals surface area (Å²) in [6.07, 6.45) is 4.96. The summed E-state index contributed by atoms with van der Waals surface area (Å²) in [4.78, 5) is 22.0. The quantitative estimate of drug-likeness (QED) is 0.773. The van der Waals surface area contributed by atoms with Gasteiger partial charge in [0.25, 0.3) is 0 Å². The Kier molecular flexibility index (Phi) is 3.64. The maximum Gasteiger partial charge on any atom is 0.242 e. The van der Waals surface area contributed by atoms with Crippen molar-refractivity contribution < 1.29 is 18.0 Å². The van der Waals surface area contributed by atoms with Crippen LogP contribution in [-0.2, 0) is 19.6 Å². The Labute approximate surface area is 94.3 Å². The van der Waals surface area contributed by atoms with Crippen LogP contribution in [0.2, 0.25) is 0 Å². The van der Waals surface area contributed by atoms with Crippen molar-refractivity contribution in [2.24, 2.45) is 0 Å². The Bertz CT molecular complexity index is 473. The molecular formula is C10H13NO4S. The summed E-state index contributed by atoms with van der Waals surface area (Å²) in [7, 11) is -3.82. The minimum Gasteiger partial charge on any atom is -0.295 e. The molecule has 0 aromatic carbocycles. The van der Waals surface area contributed by atoms with E-state index in [0.717, 1.165) is 6.92 Å². The molecular weight excluding hydrogens is 230 g/mol. The summed E-state index contributed by atoms with van der Waals surface area (Å²) in [5.41, 5.74) is 0.205. The van der Waals surface area contributed by atoms with E-state index in [1.165, 1.54) is 13.0 Å². The average molecular weight is 243 g/mol. The van der Waals surface area contributed by atoms with Gasteiger partial charge in [-0.25, -0.2) is 8.42 Å². The zero-order valence-corrected chi connectivity index (χ0v) is 9.87. The molecule has 0 saturated carbocycles. The molecule has 16 heavy (non-hydrogen) atoms. The van der Waals surface area contributed by atoms with Gasteiger partial charge in [-0.05, 0) is 13.3 Å². The van der Waals surface area contributed by atoms with E-state index in [1.54, 1.807) is 12.2 Å². The predicted molar refractivity (Wildman–Crippen MR) is 59.0 cm³/mol. The Balaban J connectivity index is 3.05. The zero-order chi connectivity index (χ0) is 12.3. The van der Waals surface area contributed by atoms with E-state index < -0.39 is 21.2 Å². The monoisotopic (exact) mass is 243 g/mol. The number of rotatable bonds is 3. The Morgan fingerprint density at radius 3 is 2.50 bits per heavy atom. The molecule has 0 spiro atoms. The van der Waals surface area contributed by atoms with Gasteiger partial charge in [-0.15, -0.1) is 0 Å².